The van der Waals surface area contributed by atoms with Crippen LogP contribution in [0.5, 0.6) is 0 Å². The first-order chi connectivity index (χ1) is 6.97. The summed E-state index contributed by atoms with van der Waals surface area (Å²) in [4.78, 5) is 11.2. The second kappa shape index (κ2) is 5.09. The van der Waals surface area contributed by atoms with Crippen molar-refractivity contribution >= 4 is 18.0 Å². The monoisotopic (exact) mass is 229 g/mol. The summed E-state index contributed by atoms with van der Waals surface area (Å²) >= 11 is 1.41. The van der Waals surface area contributed by atoms with Gasteiger partial charge < -0.3 is 4.74 Å². The number of hydrogen-bond donors (Lipinski definition) is 2. The van der Waals surface area contributed by atoms with Gasteiger partial charge in [-0.15, -0.1) is 5.53 Å². The lowest BCUT2D eigenvalue weighted by Crippen LogP contribution is -2.46. The first-order valence-electron chi connectivity index (χ1n) is 4.51. The van der Waals surface area contributed by atoms with Gasteiger partial charge in [-0.1, -0.05) is 6.08 Å². The Morgan fingerprint density at radius 2 is 2.13 bits per heavy atom. The number of amides is 1. The van der Waals surface area contributed by atoms with Gasteiger partial charge in [0.25, 0.3) is 0 Å². The molecule has 1 aliphatic heterocycles. The highest BCUT2D eigenvalue weighted by Crippen LogP contribution is 2.12. The molecule has 84 valence electrons. The smallest absolute Gasteiger partial charge is 0.423 e. The van der Waals surface area contributed by atoms with Gasteiger partial charge in [0, 0.05) is 6.20 Å². The van der Waals surface area contributed by atoms with Crippen LogP contribution in [0, 0.1) is 0 Å². The highest BCUT2D eigenvalue weighted by Gasteiger charge is 2.16. The Kier molecular flexibility index (Phi) is 4.05. The van der Waals surface area contributed by atoms with Crippen molar-refractivity contribution in [2.75, 3.05) is 0 Å². The molecule has 0 aromatic heterocycles. The van der Waals surface area contributed by atoms with E-state index in [-0.39, 0.29) is 0 Å². The molecule has 0 unspecified atom stereocenters. The highest BCUT2D eigenvalue weighted by atomic mass is 32.2. The van der Waals surface area contributed by atoms with Gasteiger partial charge in [0.15, 0.2) is 0 Å². The lowest BCUT2D eigenvalue weighted by Gasteiger charge is -2.23. The van der Waals surface area contributed by atoms with E-state index >= 15 is 0 Å². The van der Waals surface area contributed by atoms with Crippen LogP contribution in [0.1, 0.15) is 20.8 Å². The lowest BCUT2D eigenvalue weighted by molar-refractivity contribution is 0.0469. The van der Waals surface area contributed by atoms with Gasteiger partial charge in [0.1, 0.15) is 5.60 Å². The molecule has 0 aliphatic carbocycles. The van der Waals surface area contributed by atoms with Crippen LogP contribution in [-0.2, 0) is 4.74 Å². The summed E-state index contributed by atoms with van der Waals surface area (Å²) in [7, 11) is 0. The average Bonchev–Trinajstić information content (AvgIpc) is 2.14. The van der Waals surface area contributed by atoms with E-state index in [1.165, 1.54) is 11.9 Å². The van der Waals surface area contributed by atoms with Gasteiger partial charge in [-0.3, -0.25) is 0 Å². The average molecular weight is 229 g/mol. The molecular weight excluding hydrogens is 214 g/mol. The van der Waals surface area contributed by atoms with E-state index in [1.54, 1.807) is 10.6 Å². The fourth-order valence-electron chi connectivity index (χ4n) is 0.777. The molecule has 1 aliphatic rings. The maximum absolute atomic E-state index is 11.2. The first-order valence-corrected chi connectivity index (χ1v) is 5.35. The van der Waals surface area contributed by atoms with Crippen molar-refractivity contribution in [3.63, 3.8) is 0 Å². The number of nitrogens with zero attached hydrogens (tertiary/aromatic N) is 1. The lowest BCUT2D eigenvalue weighted by atomic mass is 10.2. The Morgan fingerprint density at radius 3 is 2.67 bits per heavy atom. The normalized spacial score (nSPS) is 15.3. The van der Waals surface area contributed by atoms with E-state index in [4.69, 9.17) is 4.74 Å². The maximum Gasteiger partial charge on any atom is 0.423 e. The SMILES string of the molecule is CC(C)(C)OC(=O)NNN1C=CC=CS1. The van der Waals surface area contributed by atoms with Crippen LogP contribution < -0.4 is 11.0 Å². The minimum absolute atomic E-state index is 0.490. The van der Waals surface area contributed by atoms with Crippen molar-refractivity contribution in [2.45, 2.75) is 26.4 Å². The van der Waals surface area contributed by atoms with Gasteiger partial charge in [0.2, 0.25) is 0 Å². The number of hydrazine groups is 2. The third-order valence-corrected chi connectivity index (χ3v) is 1.97. The predicted octanol–water partition coefficient (Wildman–Crippen LogP) is 1.92. The number of allylic oxidation sites excluding steroid dienone is 2. The van der Waals surface area contributed by atoms with Crippen LogP contribution in [0.3, 0.4) is 0 Å². The summed E-state index contributed by atoms with van der Waals surface area (Å²) in [5.74, 6) is 0. The number of carbonyl (C=O) groups is 1. The van der Waals surface area contributed by atoms with Crippen LogP contribution >= 0.6 is 11.9 Å². The molecule has 0 atom stereocenters. The summed E-state index contributed by atoms with van der Waals surface area (Å²) in [6.45, 7) is 5.43. The van der Waals surface area contributed by atoms with Gasteiger partial charge in [-0.25, -0.2) is 14.6 Å². The third-order valence-electron chi connectivity index (χ3n) is 1.25. The summed E-state index contributed by atoms with van der Waals surface area (Å²) in [5, 5.41) is 1.88. The molecule has 0 spiro atoms. The van der Waals surface area contributed by atoms with Gasteiger partial charge >= 0.3 is 6.09 Å². The second-order valence-corrected chi connectivity index (χ2v) is 4.72. The van der Waals surface area contributed by atoms with Crippen LogP contribution in [0.4, 0.5) is 4.79 Å². The zero-order valence-electron chi connectivity index (χ0n) is 8.98. The molecule has 0 fully saturated rings. The molecule has 15 heavy (non-hydrogen) atoms. The Morgan fingerprint density at radius 1 is 1.40 bits per heavy atom. The fourth-order valence-corrected chi connectivity index (χ4v) is 1.31. The third kappa shape index (κ3) is 5.34. The summed E-state index contributed by atoms with van der Waals surface area (Å²) in [5.41, 5.74) is 4.61. The Hall–Kier alpha value is -1.14. The number of nitrogens with one attached hydrogen (secondary N) is 2. The minimum Gasteiger partial charge on any atom is -0.443 e. The zero-order chi connectivity index (χ0) is 11.3. The van der Waals surface area contributed by atoms with Crippen molar-refractivity contribution in [2.24, 2.45) is 0 Å². The summed E-state index contributed by atoms with van der Waals surface area (Å²) < 4.78 is 6.68. The largest absolute Gasteiger partial charge is 0.443 e. The maximum atomic E-state index is 11.2. The Bertz CT molecular complexity index is 284. The summed E-state index contributed by atoms with van der Waals surface area (Å²) in [6.07, 6.45) is 5.02. The number of hydrogen-bond acceptors (Lipinski definition) is 5. The van der Waals surface area contributed by atoms with Gasteiger partial charge in [0.05, 0.1) is 0 Å². The van der Waals surface area contributed by atoms with Crippen molar-refractivity contribution in [3.8, 4) is 0 Å². The Balaban J connectivity index is 2.22. The van der Waals surface area contributed by atoms with E-state index in [0.717, 1.165) is 0 Å². The molecule has 0 bridgehead atoms. The molecule has 2 N–H and O–H groups in total. The highest BCUT2D eigenvalue weighted by molar-refractivity contribution is 7.99. The summed E-state index contributed by atoms with van der Waals surface area (Å²) in [6, 6.07) is 0. The standard InChI is InChI=1S/C9H15N3O2S/c1-9(2,3)14-8(13)10-11-12-6-4-5-7-15-12/h4-7,11H,1-3H3,(H,10,13). The van der Waals surface area contributed by atoms with E-state index in [9.17, 15) is 4.79 Å². The fraction of sp³-hybridized carbons (Fsp3) is 0.444. The minimum atomic E-state index is -0.508. The number of rotatable bonds is 2. The van der Waals surface area contributed by atoms with Crippen molar-refractivity contribution in [1.82, 2.24) is 15.4 Å². The molecule has 0 aromatic rings. The quantitative estimate of drug-likeness (QED) is 0.559. The predicted molar refractivity (Wildman–Crippen MR) is 60.2 cm³/mol. The molecular formula is C9H15N3O2S. The van der Waals surface area contributed by atoms with Crippen LogP contribution in [0.2, 0.25) is 0 Å². The number of carbonyl (C=O) groups excluding carboxylic acids is 1. The molecule has 1 amide bonds. The topological polar surface area (TPSA) is 53.6 Å². The molecule has 0 aromatic carbocycles. The van der Waals surface area contributed by atoms with Crippen LogP contribution in [-0.4, -0.2) is 16.1 Å². The molecule has 6 heteroatoms. The van der Waals surface area contributed by atoms with E-state index in [0.29, 0.717) is 0 Å². The molecule has 5 nitrogen and oxygen atoms in total. The molecule has 0 saturated carbocycles. The van der Waals surface area contributed by atoms with E-state index < -0.39 is 11.7 Å². The molecule has 0 saturated heterocycles. The first kappa shape index (κ1) is 11.9. The zero-order valence-corrected chi connectivity index (χ0v) is 9.80. The van der Waals surface area contributed by atoms with Crippen molar-refractivity contribution in [3.05, 3.63) is 23.8 Å². The van der Waals surface area contributed by atoms with E-state index in [2.05, 4.69) is 11.0 Å². The van der Waals surface area contributed by atoms with Crippen molar-refractivity contribution < 1.29 is 9.53 Å². The van der Waals surface area contributed by atoms with E-state index in [1.807, 2.05) is 38.3 Å². The molecule has 0 radical (unpaired) electrons. The van der Waals surface area contributed by atoms with Crippen LogP contribution in [0.25, 0.3) is 0 Å². The number of ether oxygens (including phenoxy) is 1. The molecule has 1 rings (SSSR count). The Labute approximate surface area is 93.6 Å². The van der Waals surface area contributed by atoms with Gasteiger partial charge in [-0.05, 0) is 44.2 Å². The molecule has 1 heterocycles. The van der Waals surface area contributed by atoms with Gasteiger partial charge in [-0.2, -0.15) is 0 Å². The van der Waals surface area contributed by atoms with Crippen molar-refractivity contribution in [1.29, 1.82) is 0 Å². The second-order valence-electron chi connectivity index (χ2n) is 3.84. The van der Waals surface area contributed by atoms with Crippen LogP contribution in [0.15, 0.2) is 23.8 Å².